The van der Waals surface area contributed by atoms with Crippen molar-refractivity contribution in [2.24, 2.45) is 0 Å². The standard InChI is InChI=1S/C49H27N3O/c50-28-36-19-21-45-48-39(36)12-7-13-40(48)41-26-31(18-20-44(41)53-45)37-22-32-14-16-34-24-38(25-35-17-15-33(23-37)46(32)47(34)35)49-51-42(29-8-3-1-4-9-29)27-43(52-49)30-10-5-2-6-11-30/h1-27H. The van der Waals surface area contributed by atoms with E-state index < -0.39 is 0 Å². The van der Waals surface area contributed by atoms with Gasteiger partial charge >= 0.3 is 0 Å². The van der Waals surface area contributed by atoms with Crippen molar-refractivity contribution in [1.82, 2.24) is 9.97 Å². The van der Waals surface area contributed by atoms with Gasteiger partial charge in [-0.3, -0.25) is 0 Å². The van der Waals surface area contributed by atoms with Crippen LogP contribution >= 0.6 is 0 Å². The van der Waals surface area contributed by atoms with Gasteiger partial charge in [0.05, 0.1) is 23.0 Å². The molecule has 9 aromatic carbocycles. The molecule has 1 aliphatic heterocycles. The summed E-state index contributed by atoms with van der Waals surface area (Å²) in [6, 6.07) is 59.3. The lowest BCUT2D eigenvalue weighted by atomic mass is 9.88. The Kier molecular flexibility index (Phi) is 6.28. The molecular formula is C49H27N3O. The van der Waals surface area contributed by atoms with Crippen molar-refractivity contribution in [1.29, 1.82) is 5.26 Å². The van der Waals surface area contributed by atoms with Gasteiger partial charge in [0.2, 0.25) is 0 Å². The highest BCUT2D eigenvalue weighted by Crippen LogP contribution is 2.49. The smallest absolute Gasteiger partial charge is 0.160 e. The Bertz CT molecular complexity index is 3020. The monoisotopic (exact) mass is 673 g/mol. The first-order chi connectivity index (χ1) is 26.2. The second-order valence-electron chi connectivity index (χ2n) is 13.7. The fourth-order valence-electron chi connectivity index (χ4n) is 8.13. The third-order valence-electron chi connectivity index (χ3n) is 10.6. The van der Waals surface area contributed by atoms with Gasteiger partial charge in [-0.25, -0.2) is 9.97 Å². The molecule has 53 heavy (non-hydrogen) atoms. The molecule has 4 heteroatoms. The van der Waals surface area contributed by atoms with E-state index in [2.05, 4.69) is 109 Å². The second-order valence-corrected chi connectivity index (χ2v) is 13.7. The first-order valence-electron chi connectivity index (χ1n) is 17.7. The number of hydrogen-bond acceptors (Lipinski definition) is 4. The van der Waals surface area contributed by atoms with Crippen molar-refractivity contribution < 1.29 is 4.74 Å². The summed E-state index contributed by atoms with van der Waals surface area (Å²) < 4.78 is 6.38. The number of hydrogen-bond donors (Lipinski definition) is 0. The SMILES string of the molecule is N#Cc1ccc2c3c(cccc13)-c1cc(-c3cc4ccc5cc(-c6nc(-c7ccccc7)cc(-c7ccccc7)n6)cc6ccc(c3)c4c56)ccc1O2. The Morgan fingerprint density at radius 1 is 0.415 bits per heavy atom. The maximum absolute atomic E-state index is 9.76. The van der Waals surface area contributed by atoms with Gasteiger partial charge in [0.15, 0.2) is 5.82 Å². The molecule has 10 aromatic rings. The van der Waals surface area contributed by atoms with Gasteiger partial charge < -0.3 is 4.74 Å². The number of nitriles is 1. The molecule has 11 rings (SSSR count). The molecule has 1 aliphatic rings. The third-order valence-corrected chi connectivity index (χ3v) is 10.6. The number of aromatic nitrogens is 2. The van der Waals surface area contributed by atoms with E-state index in [4.69, 9.17) is 14.7 Å². The van der Waals surface area contributed by atoms with Gasteiger partial charge in [-0.15, -0.1) is 0 Å². The summed E-state index contributed by atoms with van der Waals surface area (Å²) >= 11 is 0. The number of benzene rings is 9. The summed E-state index contributed by atoms with van der Waals surface area (Å²) in [4.78, 5) is 10.2. The van der Waals surface area contributed by atoms with Crippen LogP contribution < -0.4 is 4.74 Å². The average Bonchev–Trinajstić information content (AvgIpc) is 3.23. The van der Waals surface area contributed by atoms with Crippen LogP contribution in [0, 0.1) is 11.3 Å². The van der Waals surface area contributed by atoms with Crippen LogP contribution in [-0.2, 0) is 0 Å². The number of ether oxygens (including phenoxy) is 1. The van der Waals surface area contributed by atoms with E-state index in [9.17, 15) is 5.26 Å². The lowest BCUT2D eigenvalue weighted by Gasteiger charge is -2.22. The molecule has 0 aliphatic carbocycles. The average molecular weight is 674 g/mol. The van der Waals surface area contributed by atoms with Crippen LogP contribution in [0.15, 0.2) is 164 Å². The zero-order valence-corrected chi connectivity index (χ0v) is 28.3. The van der Waals surface area contributed by atoms with Crippen LogP contribution in [0.5, 0.6) is 11.5 Å². The van der Waals surface area contributed by atoms with Gasteiger partial charge in [-0.2, -0.15) is 5.26 Å². The molecule has 0 spiro atoms. The van der Waals surface area contributed by atoms with Crippen LogP contribution in [0.4, 0.5) is 0 Å². The van der Waals surface area contributed by atoms with E-state index in [0.29, 0.717) is 11.4 Å². The lowest BCUT2D eigenvalue weighted by molar-refractivity contribution is 0.487. The Hall–Kier alpha value is -7.35. The molecule has 0 saturated heterocycles. The topological polar surface area (TPSA) is 58.8 Å². The minimum atomic E-state index is 0.651. The largest absolute Gasteiger partial charge is 0.456 e. The highest BCUT2D eigenvalue weighted by Gasteiger charge is 2.22. The van der Waals surface area contributed by atoms with Crippen LogP contribution in [0.1, 0.15) is 5.56 Å². The van der Waals surface area contributed by atoms with E-state index in [1.807, 2.05) is 60.7 Å². The quantitative estimate of drug-likeness (QED) is 0.174. The zero-order valence-electron chi connectivity index (χ0n) is 28.3. The third kappa shape index (κ3) is 4.62. The van der Waals surface area contributed by atoms with E-state index in [-0.39, 0.29) is 0 Å². The summed E-state index contributed by atoms with van der Waals surface area (Å²) in [5, 5.41) is 18.9. The fraction of sp³-hybridized carbons (Fsp3) is 0. The Morgan fingerprint density at radius 3 is 1.60 bits per heavy atom. The first-order valence-corrected chi connectivity index (χ1v) is 17.7. The normalized spacial score (nSPS) is 11.9. The van der Waals surface area contributed by atoms with Gasteiger partial charge in [0.25, 0.3) is 0 Å². The van der Waals surface area contributed by atoms with Gasteiger partial charge in [-0.05, 0) is 104 Å². The molecule has 0 bridgehead atoms. The number of rotatable bonds is 4. The van der Waals surface area contributed by atoms with Gasteiger partial charge in [-0.1, -0.05) is 109 Å². The summed E-state index contributed by atoms with van der Waals surface area (Å²) in [6.07, 6.45) is 0. The van der Waals surface area contributed by atoms with Crippen LogP contribution in [0.25, 0.3) is 99.2 Å². The van der Waals surface area contributed by atoms with Crippen molar-refractivity contribution in [3.8, 4) is 73.7 Å². The van der Waals surface area contributed by atoms with Crippen molar-refractivity contribution in [2.45, 2.75) is 0 Å². The van der Waals surface area contributed by atoms with Crippen molar-refractivity contribution in [3.05, 3.63) is 169 Å². The molecule has 2 heterocycles. The first kappa shape index (κ1) is 29.4. The molecule has 0 N–H and O–H groups in total. The fourth-order valence-corrected chi connectivity index (χ4v) is 8.13. The number of nitrogens with zero attached hydrogens (tertiary/aromatic N) is 3. The molecule has 0 saturated carbocycles. The van der Waals surface area contributed by atoms with Crippen molar-refractivity contribution >= 4 is 43.1 Å². The molecule has 0 fully saturated rings. The predicted molar refractivity (Wildman–Crippen MR) is 215 cm³/mol. The van der Waals surface area contributed by atoms with E-state index in [1.165, 1.54) is 21.5 Å². The molecule has 0 amide bonds. The highest BCUT2D eigenvalue weighted by atomic mass is 16.5. The molecule has 0 atom stereocenters. The summed E-state index contributed by atoms with van der Waals surface area (Å²) in [5.41, 5.74) is 9.92. The van der Waals surface area contributed by atoms with Crippen LogP contribution in [0.2, 0.25) is 0 Å². The van der Waals surface area contributed by atoms with Crippen molar-refractivity contribution in [2.75, 3.05) is 0 Å². The van der Waals surface area contributed by atoms with Gasteiger partial charge in [0, 0.05) is 33.0 Å². The molecule has 4 nitrogen and oxygen atoms in total. The Balaban J connectivity index is 1.04. The van der Waals surface area contributed by atoms with E-state index in [1.54, 1.807) is 0 Å². The molecular weight excluding hydrogens is 647 g/mol. The summed E-state index contributed by atoms with van der Waals surface area (Å²) in [5.74, 6) is 2.31. The Labute approximate surface area is 305 Å². The van der Waals surface area contributed by atoms with Crippen molar-refractivity contribution in [3.63, 3.8) is 0 Å². The lowest BCUT2D eigenvalue weighted by Crippen LogP contribution is -1.98. The molecule has 0 unspecified atom stereocenters. The number of fused-ring (bicyclic) bond motifs is 2. The Morgan fingerprint density at radius 2 is 1.00 bits per heavy atom. The van der Waals surface area contributed by atoms with Gasteiger partial charge in [0.1, 0.15) is 11.5 Å². The summed E-state index contributed by atoms with van der Waals surface area (Å²) in [7, 11) is 0. The molecule has 0 radical (unpaired) electrons. The zero-order chi connectivity index (χ0) is 35.0. The predicted octanol–water partition coefficient (Wildman–Crippen LogP) is 12.8. The maximum Gasteiger partial charge on any atom is 0.160 e. The van der Waals surface area contributed by atoms with E-state index in [0.717, 1.165) is 83.4 Å². The summed E-state index contributed by atoms with van der Waals surface area (Å²) in [6.45, 7) is 0. The highest BCUT2D eigenvalue weighted by molar-refractivity contribution is 6.24. The minimum absolute atomic E-state index is 0.651. The van der Waals surface area contributed by atoms with E-state index >= 15 is 0 Å². The molecule has 244 valence electrons. The molecule has 1 aromatic heterocycles. The maximum atomic E-state index is 9.76. The van der Waals surface area contributed by atoms with Crippen LogP contribution in [-0.4, -0.2) is 9.97 Å². The minimum Gasteiger partial charge on any atom is -0.456 e. The second kappa shape index (κ2) is 11.3. The van der Waals surface area contributed by atoms with Crippen LogP contribution in [0.3, 0.4) is 0 Å².